The molecule has 3 heteroatoms. The van der Waals surface area contributed by atoms with E-state index in [1.807, 2.05) is 11.3 Å². The smallest absolute Gasteiger partial charge is 0.114 e. The van der Waals surface area contributed by atoms with Gasteiger partial charge in [-0.3, -0.25) is 0 Å². The molecule has 3 atom stereocenters. The molecule has 3 aliphatic carbocycles. The molecular weight excluding hydrogens is 264 g/mol. The second-order valence-electron chi connectivity index (χ2n) is 7.41. The number of thiazole rings is 1. The fourth-order valence-corrected chi connectivity index (χ4v) is 5.66. The molecule has 2 nitrogen and oxygen atoms in total. The number of rotatable bonds is 3. The molecular formula is C17H26N2S. The minimum atomic E-state index is 0.197. The monoisotopic (exact) mass is 290 g/mol. The summed E-state index contributed by atoms with van der Waals surface area (Å²) in [5.41, 5.74) is 1.62. The van der Waals surface area contributed by atoms with Gasteiger partial charge in [-0.05, 0) is 63.2 Å². The minimum absolute atomic E-state index is 0.197. The first-order valence-corrected chi connectivity index (χ1v) is 9.26. The first kappa shape index (κ1) is 13.3. The van der Waals surface area contributed by atoms with Crippen LogP contribution in [-0.4, -0.2) is 11.0 Å². The van der Waals surface area contributed by atoms with Crippen LogP contribution in [0.1, 0.15) is 68.0 Å². The average molecular weight is 290 g/mol. The predicted molar refractivity (Wildman–Crippen MR) is 84.2 cm³/mol. The van der Waals surface area contributed by atoms with E-state index in [4.69, 9.17) is 4.98 Å². The zero-order valence-electron chi connectivity index (χ0n) is 12.7. The second kappa shape index (κ2) is 4.81. The molecule has 3 aliphatic rings. The summed E-state index contributed by atoms with van der Waals surface area (Å²) in [6, 6.07) is 0.768. The van der Waals surface area contributed by atoms with E-state index < -0.39 is 0 Å². The number of fused-ring (bicyclic) bond motifs is 1. The largest absolute Gasteiger partial charge is 0.302 e. The van der Waals surface area contributed by atoms with E-state index in [9.17, 15) is 0 Å². The van der Waals surface area contributed by atoms with Crippen LogP contribution in [0.2, 0.25) is 0 Å². The molecule has 20 heavy (non-hydrogen) atoms. The van der Waals surface area contributed by atoms with Gasteiger partial charge in [0, 0.05) is 10.9 Å². The fourth-order valence-electron chi connectivity index (χ4n) is 4.21. The van der Waals surface area contributed by atoms with Crippen LogP contribution in [0.25, 0.3) is 0 Å². The number of nitrogens with one attached hydrogen (secondary N) is 1. The molecule has 1 N–H and O–H groups in total. The van der Waals surface area contributed by atoms with Crippen molar-refractivity contribution < 1.29 is 0 Å². The van der Waals surface area contributed by atoms with Crippen LogP contribution in [0.4, 0.5) is 0 Å². The van der Waals surface area contributed by atoms with Crippen molar-refractivity contribution in [2.45, 2.75) is 76.8 Å². The molecule has 4 rings (SSSR count). The molecule has 110 valence electrons. The predicted octanol–water partition coefficient (Wildman–Crippen LogP) is 4.04. The Labute approximate surface area is 126 Å². The molecule has 2 saturated carbocycles. The van der Waals surface area contributed by atoms with Crippen molar-refractivity contribution in [3.05, 3.63) is 15.6 Å². The van der Waals surface area contributed by atoms with Crippen LogP contribution in [0.3, 0.4) is 0 Å². The van der Waals surface area contributed by atoms with Gasteiger partial charge in [0.25, 0.3) is 0 Å². The lowest BCUT2D eigenvalue weighted by atomic mass is 9.70. The van der Waals surface area contributed by atoms with E-state index in [1.165, 1.54) is 62.1 Å². The van der Waals surface area contributed by atoms with Gasteiger partial charge in [-0.1, -0.05) is 13.8 Å². The van der Waals surface area contributed by atoms with Crippen molar-refractivity contribution in [3.8, 4) is 0 Å². The third-order valence-corrected chi connectivity index (χ3v) is 6.98. The van der Waals surface area contributed by atoms with Gasteiger partial charge < -0.3 is 5.32 Å². The van der Waals surface area contributed by atoms with Crippen molar-refractivity contribution in [2.75, 3.05) is 0 Å². The van der Waals surface area contributed by atoms with Crippen molar-refractivity contribution >= 4 is 11.3 Å². The van der Waals surface area contributed by atoms with E-state index in [2.05, 4.69) is 19.2 Å². The van der Waals surface area contributed by atoms with E-state index in [-0.39, 0.29) is 5.54 Å². The van der Waals surface area contributed by atoms with Gasteiger partial charge in [-0.25, -0.2) is 4.98 Å². The van der Waals surface area contributed by atoms with Crippen LogP contribution in [-0.2, 0) is 18.4 Å². The molecule has 0 amide bonds. The first-order valence-electron chi connectivity index (χ1n) is 8.44. The van der Waals surface area contributed by atoms with Crippen LogP contribution >= 0.6 is 11.3 Å². The molecule has 1 aromatic rings. The third kappa shape index (κ3) is 2.14. The first-order chi connectivity index (χ1) is 9.67. The summed E-state index contributed by atoms with van der Waals surface area (Å²) in [4.78, 5) is 6.68. The fraction of sp³-hybridized carbons (Fsp3) is 0.824. The second-order valence-corrected chi connectivity index (χ2v) is 8.50. The Morgan fingerprint density at radius 2 is 2.05 bits per heavy atom. The highest BCUT2D eigenvalue weighted by Crippen LogP contribution is 2.47. The summed E-state index contributed by atoms with van der Waals surface area (Å²) in [5, 5.41) is 5.45. The standard InChI is InChI=1S/C17H26N2S/c1-11-8-9-17(12(2)10-11,19-13-6-7-13)16-18-14-4-3-5-15(14)20-16/h11-13,19H,3-10H2,1-2H3. The van der Waals surface area contributed by atoms with Crippen molar-refractivity contribution in [1.82, 2.24) is 10.3 Å². The quantitative estimate of drug-likeness (QED) is 0.909. The summed E-state index contributed by atoms with van der Waals surface area (Å²) in [7, 11) is 0. The lowest BCUT2D eigenvalue weighted by Gasteiger charge is -2.44. The van der Waals surface area contributed by atoms with Gasteiger partial charge in [0.15, 0.2) is 0 Å². The van der Waals surface area contributed by atoms with Crippen molar-refractivity contribution in [3.63, 3.8) is 0 Å². The molecule has 3 unspecified atom stereocenters. The van der Waals surface area contributed by atoms with E-state index in [1.54, 1.807) is 4.88 Å². The highest BCUT2D eigenvalue weighted by atomic mass is 32.1. The minimum Gasteiger partial charge on any atom is -0.302 e. The Bertz CT molecular complexity index is 484. The summed E-state index contributed by atoms with van der Waals surface area (Å²) in [6.07, 6.45) is 10.6. The van der Waals surface area contributed by atoms with Gasteiger partial charge in [0.1, 0.15) is 5.01 Å². The molecule has 0 aromatic carbocycles. The Morgan fingerprint density at radius 1 is 1.20 bits per heavy atom. The van der Waals surface area contributed by atoms with Gasteiger partial charge in [0.2, 0.25) is 0 Å². The summed E-state index contributed by atoms with van der Waals surface area (Å²) in [6.45, 7) is 4.87. The van der Waals surface area contributed by atoms with Crippen LogP contribution in [0, 0.1) is 11.8 Å². The third-order valence-electron chi connectivity index (χ3n) is 5.64. The van der Waals surface area contributed by atoms with Crippen LogP contribution < -0.4 is 5.32 Å². The zero-order valence-corrected chi connectivity index (χ0v) is 13.6. The Hall–Kier alpha value is -0.410. The zero-order chi connectivity index (χ0) is 13.7. The van der Waals surface area contributed by atoms with Crippen LogP contribution in [0.15, 0.2) is 0 Å². The maximum atomic E-state index is 5.10. The average Bonchev–Trinajstić information content (AvgIpc) is 2.95. The summed E-state index contributed by atoms with van der Waals surface area (Å²) >= 11 is 2.03. The highest BCUT2D eigenvalue weighted by Gasteiger charge is 2.47. The van der Waals surface area contributed by atoms with Gasteiger partial charge in [-0.2, -0.15) is 0 Å². The molecule has 0 saturated heterocycles. The van der Waals surface area contributed by atoms with Crippen molar-refractivity contribution in [2.24, 2.45) is 11.8 Å². The Morgan fingerprint density at radius 3 is 2.75 bits per heavy atom. The highest BCUT2D eigenvalue weighted by molar-refractivity contribution is 7.12. The SMILES string of the molecule is CC1CCC(NC2CC2)(c2nc3c(s2)CCC3)C(C)C1. The number of hydrogen-bond acceptors (Lipinski definition) is 3. The lowest BCUT2D eigenvalue weighted by Crippen LogP contribution is -2.51. The normalized spacial score (nSPS) is 37.1. The van der Waals surface area contributed by atoms with Gasteiger partial charge in [0.05, 0.1) is 11.2 Å². The van der Waals surface area contributed by atoms with Crippen molar-refractivity contribution in [1.29, 1.82) is 0 Å². The molecule has 1 aromatic heterocycles. The lowest BCUT2D eigenvalue weighted by molar-refractivity contribution is 0.119. The van der Waals surface area contributed by atoms with E-state index in [0.717, 1.165) is 17.9 Å². The van der Waals surface area contributed by atoms with E-state index >= 15 is 0 Å². The molecule has 0 spiro atoms. The Kier molecular flexibility index (Phi) is 3.19. The van der Waals surface area contributed by atoms with E-state index in [0.29, 0.717) is 0 Å². The van der Waals surface area contributed by atoms with Crippen LogP contribution in [0.5, 0.6) is 0 Å². The maximum Gasteiger partial charge on any atom is 0.114 e. The number of nitrogens with zero attached hydrogens (tertiary/aromatic N) is 1. The topological polar surface area (TPSA) is 24.9 Å². The number of aryl methyl sites for hydroxylation is 2. The summed E-state index contributed by atoms with van der Waals surface area (Å²) in [5.74, 6) is 1.60. The number of hydrogen-bond donors (Lipinski definition) is 1. The van der Waals surface area contributed by atoms with Gasteiger partial charge >= 0.3 is 0 Å². The maximum absolute atomic E-state index is 5.10. The summed E-state index contributed by atoms with van der Waals surface area (Å²) < 4.78 is 0. The molecule has 0 radical (unpaired) electrons. The molecule has 0 aliphatic heterocycles. The molecule has 0 bridgehead atoms. The molecule has 1 heterocycles. The van der Waals surface area contributed by atoms with Gasteiger partial charge in [-0.15, -0.1) is 11.3 Å². The molecule has 2 fully saturated rings. The number of aromatic nitrogens is 1. The Balaban J connectivity index is 1.69.